The van der Waals surface area contributed by atoms with Crippen molar-refractivity contribution < 1.29 is 4.42 Å². The molecular weight excluding hydrogens is 576 g/mol. The second-order valence-electron chi connectivity index (χ2n) is 13.2. The highest BCUT2D eigenvalue weighted by Crippen LogP contribution is 2.44. The van der Waals surface area contributed by atoms with Crippen LogP contribution in [-0.2, 0) is 5.41 Å². The van der Waals surface area contributed by atoms with E-state index < -0.39 is 0 Å². The van der Waals surface area contributed by atoms with E-state index >= 15 is 0 Å². The van der Waals surface area contributed by atoms with Crippen molar-refractivity contribution in [3.8, 4) is 17.4 Å². The van der Waals surface area contributed by atoms with Crippen molar-refractivity contribution in [3.63, 3.8) is 0 Å². The molecule has 5 heteroatoms. The van der Waals surface area contributed by atoms with Gasteiger partial charge in [0.15, 0.2) is 0 Å². The molecule has 0 N–H and O–H groups in total. The first-order chi connectivity index (χ1) is 22.9. The molecule has 0 aliphatic carbocycles. The molecular formula is C42H28N4O. The summed E-state index contributed by atoms with van der Waals surface area (Å²) < 4.78 is 10.8. The van der Waals surface area contributed by atoms with Crippen molar-refractivity contribution in [1.82, 2.24) is 9.13 Å². The number of rotatable bonds is 2. The van der Waals surface area contributed by atoms with E-state index in [1.54, 1.807) is 0 Å². The minimum absolute atomic E-state index is 0.0560. The van der Waals surface area contributed by atoms with E-state index in [2.05, 4.69) is 101 Å². The smallest absolute Gasteiger partial charge is 0.214 e. The molecule has 47 heavy (non-hydrogen) atoms. The van der Waals surface area contributed by atoms with Gasteiger partial charge in [-0.2, -0.15) is 5.26 Å². The van der Waals surface area contributed by atoms with E-state index in [1.807, 2.05) is 54.6 Å². The Morgan fingerprint density at radius 1 is 0.660 bits per heavy atom. The molecule has 0 radical (unpaired) electrons. The van der Waals surface area contributed by atoms with Gasteiger partial charge in [0.05, 0.1) is 45.3 Å². The molecule has 0 atom stereocenters. The number of furan rings is 1. The van der Waals surface area contributed by atoms with Gasteiger partial charge in [-0.25, -0.2) is 4.85 Å². The molecule has 0 saturated heterocycles. The Labute approximate surface area is 270 Å². The van der Waals surface area contributed by atoms with Crippen molar-refractivity contribution in [2.75, 3.05) is 0 Å². The van der Waals surface area contributed by atoms with Crippen LogP contribution in [0.3, 0.4) is 0 Å². The SMILES string of the molecule is [C-]#[N+]c1cc(-n2c3ccc(C(C)(C)C)cc3c3c4oc5ccccc5c4ccc32)cc(C#N)c1-n1c2ccccc2c2ccccc21. The van der Waals surface area contributed by atoms with Crippen LogP contribution in [0.4, 0.5) is 5.69 Å². The van der Waals surface area contributed by atoms with Crippen molar-refractivity contribution in [3.05, 3.63) is 138 Å². The zero-order valence-corrected chi connectivity index (χ0v) is 26.2. The number of benzene rings is 6. The van der Waals surface area contributed by atoms with E-state index in [1.165, 1.54) is 5.56 Å². The van der Waals surface area contributed by atoms with Gasteiger partial charge in [-0.3, -0.25) is 0 Å². The highest BCUT2D eigenvalue weighted by molar-refractivity contribution is 6.24. The highest BCUT2D eigenvalue weighted by atomic mass is 16.3. The minimum atomic E-state index is -0.0560. The molecule has 0 amide bonds. The molecule has 5 nitrogen and oxygen atoms in total. The number of nitriles is 1. The van der Waals surface area contributed by atoms with Crippen molar-refractivity contribution >= 4 is 71.2 Å². The molecule has 6 aromatic carbocycles. The Bertz CT molecular complexity index is 2770. The molecule has 0 aliphatic rings. The first kappa shape index (κ1) is 27.0. The standard InChI is InChI=1S/C42H28N4O/c1-42(2,3)26-17-19-36-32(22-26)39-37(20-18-31-30-13-7-10-16-38(30)47-41(31)39)45(36)27-21-25(24-43)40(33(23-27)44-4)46-34-14-8-5-11-28(34)29-12-6-9-15-35(29)46/h5-23H,1-3H3. The zero-order chi connectivity index (χ0) is 32.0. The molecule has 9 rings (SSSR count). The van der Waals surface area contributed by atoms with Gasteiger partial charge in [0.2, 0.25) is 5.69 Å². The summed E-state index contributed by atoms with van der Waals surface area (Å²) in [5.74, 6) is 0. The number of hydrogen-bond donors (Lipinski definition) is 0. The first-order valence-corrected chi connectivity index (χ1v) is 15.7. The molecule has 0 fully saturated rings. The van der Waals surface area contributed by atoms with Gasteiger partial charge in [0.25, 0.3) is 0 Å². The molecule has 3 heterocycles. The average molecular weight is 605 g/mol. The molecule has 0 bridgehead atoms. The molecule has 9 aromatic rings. The van der Waals surface area contributed by atoms with E-state index in [4.69, 9.17) is 11.0 Å². The summed E-state index contributed by atoms with van der Waals surface area (Å²) in [5, 5.41) is 17.1. The Hall–Kier alpha value is -6.30. The lowest BCUT2D eigenvalue weighted by Crippen LogP contribution is -2.10. The summed E-state index contributed by atoms with van der Waals surface area (Å²) in [7, 11) is 0. The predicted octanol–water partition coefficient (Wildman–Crippen LogP) is 11.5. The molecule has 0 saturated carbocycles. The third-order valence-corrected chi connectivity index (χ3v) is 9.52. The summed E-state index contributed by atoms with van der Waals surface area (Å²) >= 11 is 0. The van der Waals surface area contributed by atoms with Crippen molar-refractivity contribution in [2.45, 2.75) is 26.2 Å². The first-order valence-electron chi connectivity index (χ1n) is 15.7. The van der Waals surface area contributed by atoms with Crippen LogP contribution in [-0.4, -0.2) is 9.13 Å². The van der Waals surface area contributed by atoms with Crippen LogP contribution in [0.5, 0.6) is 0 Å². The largest absolute Gasteiger partial charge is 0.455 e. The second kappa shape index (κ2) is 9.60. The van der Waals surface area contributed by atoms with E-state index in [-0.39, 0.29) is 5.41 Å². The summed E-state index contributed by atoms with van der Waals surface area (Å²) in [5.41, 5.74) is 8.93. The quantitative estimate of drug-likeness (QED) is 0.184. The maximum atomic E-state index is 10.7. The number of hydrogen-bond acceptors (Lipinski definition) is 2. The lowest BCUT2D eigenvalue weighted by Gasteiger charge is -2.19. The summed E-state index contributed by atoms with van der Waals surface area (Å²) in [6.07, 6.45) is 0. The topological polar surface area (TPSA) is 51.1 Å². The van der Waals surface area contributed by atoms with E-state index in [9.17, 15) is 5.26 Å². The van der Waals surface area contributed by atoms with E-state index in [0.717, 1.165) is 71.2 Å². The Kier molecular flexibility index (Phi) is 5.52. The summed E-state index contributed by atoms with van der Waals surface area (Å²) in [4.78, 5) is 4.05. The predicted molar refractivity (Wildman–Crippen MR) is 192 cm³/mol. The maximum absolute atomic E-state index is 10.7. The van der Waals surface area contributed by atoms with Crippen LogP contribution in [0.2, 0.25) is 0 Å². The number of fused-ring (bicyclic) bond motifs is 10. The van der Waals surface area contributed by atoms with Gasteiger partial charge in [-0.1, -0.05) is 81.4 Å². The maximum Gasteiger partial charge on any atom is 0.214 e. The Morgan fingerprint density at radius 2 is 1.30 bits per heavy atom. The van der Waals surface area contributed by atoms with Gasteiger partial charge in [0, 0.05) is 32.6 Å². The molecule has 0 spiro atoms. The van der Waals surface area contributed by atoms with E-state index in [0.29, 0.717) is 16.9 Å². The Balaban J connectivity index is 1.40. The lowest BCUT2D eigenvalue weighted by atomic mass is 9.86. The second-order valence-corrected chi connectivity index (χ2v) is 13.2. The van der Waals surface area contributed by atoms with Crippen LogP contribution in [0.1, 0.15) is 31.9 Å². The van der Waals surface area contributed by atoms with Crippen LogP contribution < -0.4 is 0 Å². The third kappa shape index (κ3) is 3.75. The number of para-hydroxylation sites is 3. The minimum Gasteiger partial charge on any atom is -0.455 e. The third-order valence-electron chi connectivity index (χ3n) is 9.52. The number of nitrogens with zero attached hydrogens (tertiary/aromatic N) is 4. The average Bonchev–Trinajstić information content (AvgIpc) is 3.74. The fourth-order valence-corrected chi connectivity index (χ4v) is 7.33. The van der Waals surface area contributed by atoms with Crippen LogP contribution >= 0.6 is 0 Å². The molecule has 3 aromatic heterocycles. The normalized spacial score (nSPS) is 12.1. The van der Waals surface area contributed by atoms with Gasteiger partial charge in [-0.05, 0) is 65.6 Å². The zero-order valence-electron chi connectivity index (χ0n) is 26.2. The van der Waals surface area contributed by atoms with Crippen LogP contribution in [0.15, 0.2) is 120 Å². The highest BCUT2D eigenvalue weighted by Gasteiger charge is 2.24. The van der Waals surface area contributed by atoms with Gasteiger partial charge in [-0.15, -0.1) is 0 Å². The fraction of sp³-hybridized carbons (Fsp3) is 0.0952. The van der Waals surface area contributed by atoms with Crippen molar-refractivity contribution in [1.29, 1.82) is 5.26 Å². The van der Waals surface area contributed by atoms with Crippen molar-refractivity contribution in [2.24, 2.45) is 0 Å². The molecule has 0 aliphatic heterocycles. The Morgan fingerprint density at radius 3 is 1.98 bits per heavy atom. The molecule has 222 valence electrons. The van der Waals surface area contributed by atoms with Gasteiger partial charge >= 0.3 is 0 Å². The van der Waals surface area contributed by atoms with Gasteiger partial charge in [0.1, 0.15) is 17.2 Å². The lowest BCUT2D eigenvalue weighted by molar-refractivity contribution is 0.591. The number of aromatic nitrogens is 2. The summed E-state index contributed by atoms with van der Waals surface area (Å²) in [6, 6.07) is 41.7. The summed E-state index contributed by atoms with van der Waals surface area (Å²) in [6.45, 7) is 15.0. The van der Waals surface area contributed by atoms with Crippen LogP contribution in [0.25, 0.3) is 81.8 Å². The molecule has 0 unspecified atom stereocenters. The monoisotopic (exact) mass is 604 g/mol. The van der Waals surface area contributed by atoms with Gasteiger partial charge < -0.3 is 13.6 Å². The van der Waals surface area contributed by atoms with Crippen LogP contribution in [0, 0.1) is 17.9 Å². The fourth-order valence-electron chi connectivity index (χ4n) is 7.33.